The largest absolute Gasteiger partial charge is 0.458 e. The van der Waals surface area contributed by atoms with E-state index in [9.17, 15) is 0 Å². The molecule has 0 aliphatic carbocycles. The number of benzene rings is 5. The van der Waals surface area contributed by atoms with Crippen molar-refractivity contribution in [3.05, 3.63) is 91.0 Å². The van der Waals surface area contributed by atoms with Crippen LogP contribution in [-0.2, 0) is 0 Å². The summed E-state index contributed by atoms with van der Waals surface area (Å²) in [5.41, 5.74) is 7.49. The van der Waals surface area contributed by atoms with Crippen molar-refractivity contribution in [1.82, 2.24) is 0 Å². The molecule has 5 aromatic carbocycles. The lowest BCUT2D eigenvalue weighted by Gasteiger charge is -2.38. The van der Waals surface area contributed by atoms with Crippen molar-refractivity contribution in [2.75, 3.05) is 0 Å². The van der Waals surface area contributed by atoms with E-state index in [1.807, 2.05) is 24.3 Å². The maximum Gasteiger partial charge on any atom is 0.263 e. The van der Waals surface area contributed by atoms with Gasteiger partial charge in [0.2, 0.25) is 0 Å². The summed E-state index contributed by atoms with van der Waals surface area (Å²) in [5, 5.41) is 2.25. The van der Waals surface area contributed by atoms with Gasteiger partial charge in [-0.3, -0.25) is 0 Å². The van der Waals surface area contributed by atoms with Crippen LogP contribution in [0.2, 0.25) is 0 Å². The average Bonchev–Trinajstić information content (AvgIpc) is 3.28. The Hall–Kier alpha value is -4.09. The number of ether oxygens (including phenoxy) is 2. The molecule has 4 heterocycles. The SMILES string of the molecule is c1cc2c3c(c1)Oc1c(-c4cccc5c4oc4ccccc45)ccc4c1B3c1c(cccc1S4)O2. The van der Waals surface area contributed by atoms with Crippen LogP contribution in [0.5, 0.6) is 23.0 Å². The van der Waals surface area contributed by atoms with Crippen molar-refractivity contribution in [2.24, 2.45) is 0 Å². The molecule has 0 amide bonds. The van der Waals surface area contributed by atoms with Gasteiger partial charge in [0.05, 0.1) is 0 Å². The Morgan fingerprint density at radius 3 is 2.23 bits per heavy atom. The van der Waals surface area contributed by atoms with Crippen LogP contribution in [0.1, 0.15) is 0 Å². The number of para-hydroxylation sites is 2. The zero-order valence-corrected chi connectivity index (χ0v) is 19.2. The van der Waals surface area contributed by atoms with Gasteiger partial charge in [-0.1, -0.05) is 60.3 Å². The highest BCUT2D eigenvalue weighted by molar-refractivity contribution is 8.00. The fourth-order valence-electron chi connectivity index (χ4n) is 5.98. The van der Waals surface area contributed by atoms with E-state index in [-0.39, 0.29) is 6.71 Å². The van der Waals surface area contributed by atoms with Gasteiger partial charge in [-0.2, -0.15) is 0 Å². The zero-order chi connectivity index (χ0) is 22.7. The lowest BCUT2D eigenvalue weighted by molar-refractivity contribution is 0.463. The third-order valence-electron chi connectivity index (χ3n) is 7.42. The fraction of sp³-hybridized carbons (Fsp3) is 0. The van der Waals surface area contributed by atoms with Crippen LogP contribution in [0.15, 0.2) is 105 Å². The molecule has 0 saturated carbocycles. The van der Waals surface area contributed by atoms with Crippen LogP contribution in [0.3, 0.4) is 0 Å². The second kappa shape index (κ2) is 6.32. The summed E-state index contributed by atoms with van der Waals surface area (Å²) in [6, 6.07) is 31.5. The number of fused-ring (bicyclic) bond motifs is 3. The van der Waals surface area contributed by atoms with Gasteiger partial charge in [0.15, 0.2) is 0 Å². The maximum absolute atomic E-state index is 6.72. The second-order valence-corrected chi connectivity index (χ2v) is 10.3. The first-order chi connectivity index (χ1) is 17.3. The number of hydrogen-bond donors (Lipinski definition) is 0. The summed E-state index contributed by atoms with van der Waals surface area (Å²) < 4.78 is 19.5. The van der Waals surface area contributed by atoms with E-state index in [1.54, 1.807) is 11.8 Å². The van der Waals surface area contributed by atoms with E-state index >= 15 is 0 Å². The van der Waals surface area contributed by atoms with Crippen LogP contribution in [0, 0.1) is 0 Å². The fourth-order valence-corrected chi connectivity index (χ4v) is 7.15. The molecule has 5 heteroatoms. The summed E-state index contributed by atoms with van der Waals surface area (Å²) >= 11 is 1.80. The smallest absolute Gasteiger partial charge is 0.263 e. The highest BCUT2D eigenvalue weighted by atomic mass is 32.2. The molecule has 0 bridgehead atoms. The average molecular weight is 466 g/mol. The molecule has 6 aromatic rings. The second-order valence-electron chi connectivity index (χ2n) is 9.21. The molecule has 0 N–H and O–H groups in total. The Morgan fingerprint density at radius 2 is 1.29 bits per heavy atom. The van der Waals surface area contributed by atoms with E-state index in [4.69, 9.17) is 13.9 Å². The molecule has 0 fully saturated rings. The molecule has 0 spiro atoms. The summed E-state index contributed by atoms with van der Waals surface area (Å²) in [7, 11) is 0. The van der Waals surface area contributed by atoms with Gasteiger partial charge in [0.1, 0.15) is 34.2 Å². The Morgan fingerprint density at radius 1 is 0.543 bits per heavy atom. The maximum atomic E-state index is 6.72. The van der Waals surface area contributed by atoms with Gasteiger partial charge < -0.3 is 13.9 Å². The van der Waals surface area contributed by atoms with Crippen LogP contribution in [0.25, 0.3) is 33.1 Å². The molecular weight excluding hydrogens is 451 g/mol. The van der Waals surface area contributed by atoms with Crippen LogP contribution in [0.4, 0.5) is 0 Å². The van der Waals surface area contributed by atoms with Crippen molar-refractivity contribution < 1.29 is 13.9 Å². The predicted octanol–water partition coefficient (Wildman–Crippen LogP) is 6.45. The van der Waals surface area contributed by atoms with Gasteiger partial charge >= 0.3 is 0 Å². The minimum absolute atomic E-state index is 0.0935. The van der Waals surface area contributed by atoms with Crippen molar-refractivity contribution in [3.8, 4) is 34.1 Å². The molecule has 3 nitrogen and oxygen atoms in total. The van der Waals surface area contributed by atoms with E-state index in [1.165, 1.54) is 20.7 Å². The summed E-state index contributed by atoms with van der Waals surface area (Å²) in [6.45, 7) is 0.0935. The van der Waals surface area contributed by atoms with Gasteiger partial charge in [-0.15, -0.1) is 0 Å². The first-order valence-electron chi connectivity index (χ1n) is 11.7. The molecule has 1 aromatic heterocycles. The van der Waals surface area contributed by atoms with Gasteiger partial charge in [-0.25, -0.2) is 0 Å². The Kier molecular flexibility index (Phi) is 3.30. The monoisotopic (exact) mass is 466 g/mol. The molecule has 35 heavy (non-hydrogen) atoms. The third-order valence-corrected chi connectivity index (χ3v) is 8.57. The van der Waals surface area contributed by atoms with E-state index in [0.29, 0.717) is 0 Å². The number of furan rings is 1. The van der Waals surface area contributed by atoms with E-state index in [2.05, 4.69) is 66.7 Å². The standard InChI is InChI=1S/C30H15BO3S/c1-2-9-20-16(6-1)17-7-3-8-18(29(17)33-20)19-14-15-25-28-30(19)34-22-11-4-10-21-26(22)31(28)27-23(32-21)12-5-13-24(27)35-25/h1-15H. The van der Waals surface area contributed by atoms with Gasteiger partial charge in [0.25, 0.3) is 6.71 Å². The lowest BCUT2D eigenvalue weighted by Crippen LogP contribution is -2.60. The van der Waals surface area contributed by atoms with Crippen LogP contribution < -0.4 is 25.9 Å². The molecular formula is C30H15BO3S. The lowest BCUT2D eigenvalue weighted by atomic mass is 9.34. The van der Waals surface area contributed by atoms with Crippen molar-refractivity contribution in [1.29, 1.82) is 0 Å². The zero-order valence-electron chi connectivity index (χ0n) is 18.4. The van der Waals surface area contributed by atoms with Crippen LogP contribution in [-0.4, -0.2) is 6.71 Å². The normalized spacial score (nSPS) is 14.0. The highest BCUT2D eigenvalue weighted by Gasteiger charge is 2.46. The first-order valence-corrected chi connectivity index (χ1v) is 12.5. The molecule has 3 aliphatic heterocycles. The Labute approximate surface area is 205 Å². The summed E-state index contributed by atoms with van der Waals surface area (Å²) in [4.78, 5) is 2.48. The van der Waals surface area contributed by atoms with Crippen LogP contribution >= 0.6 is 11.8 Å². The number of rotatable bonds is 1. The van der Waals surface area contributed by atoms with Gasteiger partial charge in [0, 0.05) is 37.2 Å². The van der Waals surface area contributed by atoms with Crippen molar-refractivity contribution >= 4 is 56.8 Å². The first kappa shape index (κ1) is 18.3. The Bertz CT molecular complexity index is 1870. The minimum Gasteiger partial charge on any atom is -0.458 e. The molecule has 162 valence electrons. The number of hydrogen-bond acceptors (Lipinski definition) is 4. The minimum atomic E-state index is 0.0935. The molecule has 9 rings (SSSR count). The third kappa shape index (κ3) is 2.24. The topological polar surface area (TPSA) is 31.6 Å². The van der Waals surface area contributed by atoms with Gasteiger partial charge in [-0.05, 0) is 53.4 Å². The molecule has 3 aliphatic rings. The van der Waals surface area contributed by atoms with Crippen molar-refractivity contribution in [3.63, 3.8) is 0 Å². The quantitative estimate of drug-likeness (QED) is 0.261. The predicted molar refractivity (Wildman–Crippen MR) is 141 cm³/mol. The highest BCUT2D eigenvalue weighted by Crippen LogP contribution is 2.47. The molecule has 0 radical (unpaired) electrons. The summed E-state index contributed by atoms with van der Waals surface area (Å²) in [6.07, 6.45) is 0. The van der Waals surface area contributed by atoms with E-state index < -0.39 is 0 Å². The van der Waals surface area contributed by atoms with Crippen molar-refractivity contribution in [2.45, 2.75) is 9.79 Å². The summed E-state index contributed by atoms with van der Waals surface area (Å²) in [5.74, 6) is 3.60. The Balaban J connectivity index is 1.38. The molecule has 0 atom stereocenters. The molecule has 0 unspecified atom stereocenters. The van der Waals surface area contributed by atoms with E-state index in [0.717, 1.165) is 61.5 Å². The molecule has 0 saturated heterocycles.